The summed E-state index contributed by atoms with van der Waals surface area (Å²) in [4.78, 5) is 9.19. The SMILES string of the molecule is CCNc1cc(CC(C)C)nc(C(C)COC)n1. The van der Waals surface area contributed by atoms with Gasteiger partial charge in [-0.05, 0) is 19.3 Å². The Kier molecular flexibility index (Phi) is 6.05. The summed E-state index contributed by atoms with van der Waals surface area (Å²) >= 11 is 0. The van der Waals surface area contributed by atoms with E-state index in [2.05, 4.69) is 43.0 Å². The maximum Gasteiger partial charge on any atom is 0.136 e. The van der Waals surface area contributed by atoms with E-state index in [0.717, 1.165) is 30.3 Å². The van der Waals surface area contributed by atoms with E-state index in [4.69, 9.17) is 4.74 Å². The van der Waals surface area contributed by atoms with Crippen molar-refractivity contribution in [2.24, 2.45) is 5.92 Å². The zero-order chi connectivity index (χ0) is 13.5. The smallest absolute Gasteiger partial charge is 0.136 e. The van der Waals surface area contributed by atoms with Gasteiger partial charge in [0.25, 0.3) is 0 Å². The molecule has 18 heavy (non-hydrogen) atoms. The Morgan fingerprint density at radius 1 is 1.28 bits per heavy atom. The van der Waals surface area contributed by atoms with Crippen molar-refractivity contribution in [3.8, 4) is 0 Å². The number of hydrogen-bond acceptors (Lipinski definition) is 4. The lowest BCUT2D eigenvalue weighted by atomic mass is 10.1. The molecule has 1 heterocycles. The van der Waals surface area contributed by atoms with E-state index < -0.39 is 0 Å². The molecular weight excluding hydrogens is 226 g/mol. The van der Waals surface area contributed by atoms with Gasteiger partial charge in [-0.25, -0.2) is 9.97 Å². The highest BCUT2D eigenvalue weighted by molar-refractivity contribution is 5.36. The molecule has 0 spiro atoms. The molecule has 4 nitrogen and oxygen atoms in total. The zero-order valence-electron chi connectivity index (χ0n) is 12.2. The summed E-state index contributed by atoms with van der Waals surface area (Å²) in [6.07, 6.45) is 0.980. The standard InChI is InChI=1S/C14H25N3O/c1-6-15-13-8-12(7-10(2)3)16-14(17-13)11(4)9-18-5/h8,10-11H,6-7,9H2,1-5H3,(H,15,16,17). The summed E-state index contributed by atoms with van der Waals surface area (Å²) in [5, 5.41) is 3.27. The first kappa shape index (κ1) is 14.9. The van der Waals surface area contributed by atoms with Gasteiger partial charge in [0.2, 0.25) is 0 Å². The molecule has 0 amide bonds. The lowest BCUT2D eigenvalue weighted by molar-refractivity contribution is 0.181. The molecule has 0 radical (unpaired) electrons. The molecule has 1 aromatic rings. The second-order valence-electron chi connectivity index (χ2n) is 5.09. The van der Waals surface area contributed by atoms with E-state index in [-0.39, 0.29) is 5.92 Å². The van der Waals surface area contributed by atoms with Gasteiger partial charge in [-0.2, -0.15) is 0 Å². The molecular formula is C14H25N3O. The minimum Gasteiger partial charge on any atom is -0.384 e. The molecule has 0 fully saturated rings. The Hall–Kier alpha value is -1.16. The number of hydrogen-bond donors (Lipinski definition) is 1. The average molecular weight is 251 g/mol. The van der Waals surface area contributed by atoms with Crippen molar-refractivity contribution < 1.29 is 4.74 Å². The molecule has 102 valence electrons. The van der Waals surface area contributed by atoms with Crippen LogP contribution in [0.2, 0.25) is 0 Å². The molecule has 0 saturated carbocycles. The van der Waals surface area contributed by atoms with Crippen molar-refractivity contribution in [1.29, 1.82) is 0 Å². The van der Waals surface area contributed by atoms with Crippen LogP contribution >= 0.6 is 0 Å². The van der Waals surface area contributed by atoms with Gasteiger partial charge in [-0.1, -0.05) is 20.8 Å². The summed E-state index contributed by atoms with van der Waals surface area (Å²) in [6.45, 7) is 10.1. The number of anilines is 1. The van der Waals surface area contributed by atoms with Gasteiger partial charge in [0, 0.05) is 31.3 Å². The summed E-state index contributed by atoms with van der Waals surface area (Å²) in [6, 6.07) is 2.05. The van der Waals surface area contributed by atoms with Gasteiger partial charge in [-0.3, -0.25) is 0 Å². The predicted octanol–water partition coefficient (Wildman–Crippen LogP) is 2.86. The van der Waals surface area contributed by atoms with Crippen LogP contribution < -0.4 is 5.32 Å². The fourth-order valence-electron chi connectivity index (χ4n) is 1.86. The lowest BCUT2D eigenvalue weighted by Gasteiger charge is -2.14. The van der Waals surface area contributed by atoms with Crippen molar-refractivity contribution >= 4 is 5.82 Å². The number of nitrogens with one attached hydrogen (secondary N) is 1. The van der Waals surface area contributed by atoms with E-state index in [1.54, 1.807) is 7.11 Å². The Labute approximate surface area is 110 Å². The van der Waals surface area contributed by atoms with E-state index in [1.165, 1.54) is 0 Å². The number of methoxy groups -OCH3 is 1. The maximum atomic E-state index is 5.18. The summed E-state index contributed by atoms with van der Waals surface area (Å²) in [5.41, 5.74) is 1.11. The largest absolute Gasteiger partial charge is 0.384 e. The third kappa shape index (κ3) is 4.61. The molecule has 1 aromatic heterocycles. The second-order valence-corrected chi connectivity index (χ2v) is 5.09. The summed E-state index contributed by atoms with van der Waals surface area (Å²) in [5.74, 6) is 2.60. The molecule has 0 aromatic carbocycles. The number of nitrogens with zero attached hydrogens (tertiary/aromatic N) is 2. The fraction of sp³-hybridized carbons (Fsp3) is 0.714. The van der Waals surface area contributed by atoms with Crippen LogP contribution in [0.3, 0.4) is 0 Å². The summed E-state index contributed by atoms with van der Waals surface area (Å²) < 4.78 is 5.18. The van der Waals surface area contributed by atoms with E-state index in [1.807, 2.05) is 6.07 Å². The Morgan fingerprint density at radius 3 is 2.56 bits per heavy atom. The first-order chi connectivity index (χ1) is 8.56. The first-order valence-corrected chi connectivity index (χ1v) is 6.67. The molecule has 1 atom stereocenters. The monoisotopic (exact) mass is 251 g/mol. The van der Waals surface area contributed by atoms with Crippen molar-refractivity contribution in [3.63, 3.8) is 0 Å². The molecule has 0 aliphatic carbocycles. The van der Waals surface area contributed by atoms with Gasteiger partial charge in [0.05, 0.1) is 6.61 Å². The molecule has 0 saturated heterocycles. The van der Waals surface area contributed by atoms with E-state index in [9.17, 15) is 0 Å². The average Bonchev–Trinajstić information content (AvgIpc) is 2.28. The molecule has 0 aliphatic heterocycles. The number of rotatable bonds is 7. The Morgan fingerprint density at radius 2 is 2.00 bits per heavy atom. The van der Waals surface area contributed by atoms with Crippen LogP contribution in [0.1, 0.15) is 45.1 Å². The fourth-order valence-corrected chi connectivity index (χ4v) is 1.86. The van der Waals surface area contributed by atoms with Gasteiger partial charge in [-0.15, -0.1) is 0 Å². The van der Waals surface area contributed by atoms with Gasteiger partial charge < -0.3 is 10.1 Å². The van der Waals surface area contributed by atoms with Gasteiger partial charge in [0.15, 0.2) is 0 Å². The Balaban J connectivity index is 2.97. The van der Waals surface area contributed by atoms with Crippen molar-refractivity contribution in [1.82, 2.24) is 9.97 Å². The summed E-state index contributed by atoms with van der Waals surface area (Å²) in [7, 11) is 1.71. The number of aromatic nitrogens is 2. The van der Waals surface area contributed by atoms with Crippen LogP contribution in [0, 0.1) is 5.92 Å². The first-order valence-electron chi connectivity index (χ1n) is 6.67. The zero-order valence-corrected chi connectivity index (χ0v) is 12.2. The highest BCUT2D eigenvalue weighted by Crippen LogP contribution is 2.17. The van der Waals surface area contributed by atoms with Crippen LogP contribution in [0.4, 0.5) is 5.82 Å². The van der Waals surface area contributed by atoms with Crippen molar-refractivity contribution in [2.45, 2.75) is 40.0 Å². The quantitative estimate of drug-likeness (QED) is 0.809. The minimum atomic E-state index is 0.222. The molecule has 1 rings (SSSR count). The third-order valence-electron chi connectivity index (χ3n) is 2.63. The van der Waals surface area contributed by atoms with Crippen LogP contribution in [-0.2, 0) is 11.2 Å². The Bertz CT molecular complexity index is 366. The normalized spacial score (nSPS) is 12.8. The maximum absolute atomic E-state index is 5.18. The van der Waals surface area contributed by atoms with Crippen LogP contribution in [0.15, 0.2) is 6.07 Å². The highest BCUT2D eigenvalue weighted by atomic mass is 16.5. The topological polar surface area (TPSA) is 47.0 Å². The van der Waals surface area contributed by atoms with Gasteiger partial charge in [0.1, 0.15) is 11.6 Å². The third-order valence-corrected chi connectivity index (χ3v) is 2.63. The minimum absolute atomic E-state index is 0.222. The highest BCUT2D eigenvalue weighted by Gasteiger charge is 2.12. The van der Waals surface area contributed by atoms with Crippen molar-refractivity contribution in [2.75, 3.05) is 25.6 Å². The second kappa shape index (κ2) is 7.31. The van der Waals surface area contributed by atoms with Crippen molar-refractivity contribution in [3.05, 3.63) is 17.6 Å². The molecule has 4 heteroatoms. The van der Waals surface area contributed by atoms with Gasteiger partial charge >= 0.3 is 0 Å². The predicted molar refractivity (Wildman–Crippen MR) is 75.0 cm³/mol. The lowest BCUT2D eigenvalue weighted by Crippen LogP contribution is -2.12. The molecule has 0 aliphatic rings. The molecule has 1 N–H and O–H groups in total. The van der Waals surface area contributed by atoms with Crippen LogP contribution in [0.5, 0.6) is 0 Å². The van der Waals surface area contributed by atoms with E-state index in [0.29, 0.717) is 12.5 Å². The molecule has 1 unspecified atom stereocenters. The van der Waals surface area contributed by atoms with E-state index >= 15 is 0 Å². The van der Waals surface area contributed by atoms with Crippen LogP contribution in [-0.4, -0.2) is 30.2 Å². The molecule has 0 bridgehead atoms. The van der Waals surface area contributed by atoms with Crippen LogP contribution in [0.25, 0.3) is 0 Å². The number of ether oxygens (including phenoxy) is 1.